The molecule has 1 heterocycles. The summed E-state index contributed by atoms with van der Waals surface area (Å²) >= 11 is 0. The first-order valence-corrected chi connectivity index (χ1v) is 10.5. The van der Waals surface area contributed by atoms with E-state index in [9.17, 15) is 4.79 Å². The number of aromatic nitrogens is 2. The van der Waals surface area contributed by atoms with Gasteiger partial charge < -0.3 is 14.5 Å². The maximum Gasteiger partial charge on any atom is 0.327 e. The number of nitrogens with one attached hydrogen (secondary N) is 1. The van der Waals surface area contributed by atoms with Crippen LogP contribution < -0.4 is 15.2 Å². The highest BCUT2D eigenvalue weighted by Gasteiger charge is 2.20. The normalized spacial score (nSPS) is 14.9. The quantitative estimate of drug-likeness (QED) is 0.593. The number of ether oxygens (including phenoxy) is 2. The molecule has 3 aromatic rings. The predicted octanol–water partition coefficient (Wildman–Crippen LogP) is 5.47. The van der Waals surface area contributed by atoms with Crippen LogP contribution in [0.3, 0.4) is 0 Å². The fourth-order valence-electron chi connectivity index (χ4n) is 4.29. The number of hydrogen-bond donors (Lipinski definition) is 1. The smallest absolute Gasteiger partial charge is 0.327 e. The molecular formula is C25H28N2O3. The fourth-order valence-corrected chi connectivity index (χ4v) is 4.29. The van der Waals surface area contributed by atoms with E-state index in [0.29, 0.717) is 18.1 Å². The number of H-pyrrole nitrogens is 1. The average Bonchev–Trinajstić information content (AvgIpc) is 3.09. The minimum absolute atomic E-state index is 0.108. The molecule has 0 spiro atoms. The molecule has 156 valence electrons. The summed E-state index contributed by atoms with van der Waals surface area (Å²) in [5.41, 5.74) is 6.36. The zero-order chi connectivity index (χ0) is 21.3. The van der Waals surface area contributed by atoms with E-state index in [0.717, 1.165) is 35.0 Å². The van der Waals surface area contributed by atoms with Crippen molar-refractivity contribution in [3.63, 3.8) is 0 Å². The first-order chi connectivity index (χ1) is 14.5. The number of imidazole rings is 1. The molecule has 0 fully saturated rings. The second-order valence-corrected chi connectivity index (χ2v) is 7.62. The van der Waals surface area contributed by atoms with Gasteiger partial charge in [-0.25, -0.2) is 4.79 Å². The molecule has 1 aliphatic carbocycles. The number of methoxy groups -OCH3 is 1. The summed E-state index contributed by atoms with van der Waals surface area (Å²) in [7, 11) is 1.63. The number of aromatic amines is 1. The first kappa shape index (κ1) is 20.1. The molecule has 0 bridgehead atoms. The molecule has 0 saturated heterocycles. The third kappa shape index (κ3) is 3.45. The predicted molar refractivity (Wildman–Crippen MR) is 122 cm³/mol. The van der Waals surface area contributed by atoms with Gasteiger partial charge in [0.05, 0.1) is 30.8 Å². The lowest BCUT2D eigenvalue weighted by atomic mass is 9.91. The lowest BCUT2D eigenvalue weighted by Crippen LogP contribution is -2.21. The minimum Gasteiger partial charge on any atom is -0.493 e. The Kier molecular flexibility index (Phi) is 5.53. The number of para-hydroxylation sites is 1. The lowest BCUT2D eigenvalue weighted by molar-refractivity contribution is 0.310. The second-order valence-electron chi connectivity index (χ2n) is 7.62. The summed E-state index contributed by atoms with van der Waals surface area (Å²) in [5.74, 6) is 1.38. The van der Waals surface area contributed by atoms with E-state index < -0.39 is 0 Å². The maximum atomic E-state index is 13.0. The van der Waals surface area contributed by atoms with Crippen LogP contribution in [-0.2, 0) is 0 Å². The van der Waals surface area contributed by atoms with E-state index in [-0.39, 0.29) is 11.7 Å². The standard InChI is InChI=1S/C25H28N2O3/c1-5-30-23-15-18(13-14-22(23)29-4)17(3)27-21-12-8-11-20(24(21)26-25(27)28)19-10-7-6-9-16(19)2/h6,8-9,11-15,17H,5,7,10H2,1-4H3,(H,26,28). The first-order valence-electron chi connectivity index (χ1n) is 10.5. The highest BCUT2D eigenvalue weighted by molar-refractivity contribution is 5.91. The van der Waals surface area contributed by atoms with Crippen LogP contribution in [0.15, 0.2) is 58.9 Å². The number of rotatable bonds is 6. The Bertz CT molecular complexity index is 1200. The average molecular weight is 405 g/mol. The second kappa shape index (κ2) is 8.27. The molecule has 0 amide bonds. The van der Waals surface area contributed by atoms with Crippen LogP contribution in [0, 0.1) is 0 Å². The maximum absolute atomic E-state index is 13.0. The molecule has 1 aromatic heterocycles. The van der Waals surface area contributed by atoms with Crippen molar-refractivity contribution >= 4 is 16.6 Å². The molecule has 0 aliphatic heterocycles. The van der Waals surface area contributed by atoms with E-state index >= 15 is 0 Å². The molecule has 1 N–H and O–H groups in total. The molecule has 4 rings (SSSR count). The van der Waals surface area contributed by atoms with Gasteiger partial charge in [-0.05, 0) is 68.5 Å². The Labute approximate surface area is 176 Å². The van der Waals surface area contributed by atoms with Crippen LogP contribution in [0.2, 0.25) is 0 Å². The molecule has 2 aromatic carbocycles. The van der Waals surface area contributed by atoms with Gasteiger partial charge in [0.2, 0.25) is 0 Å². The van der Waals surface area contributed by atoms with Crippen molar-refractivity contribution in [3.8, 4) is 11.5 Å². The minimum atomic E-state index is -0.159. The van der Waals surface area contributed by atoms with Gasteiger partial charge in [-0.3, -0.25) is 4.57 Å². The topological polar surface area (TPSA) is 56.2 Å². The summed E-state index contributed by atoms with van der Waals surface area (Å²) in [6.07, 6.45) is 6.38. The van der Waals surface area contributed by atoms with Crippen molar-refractivity contribution in [3.05, 3.63) is 75.7 Å². The Morgan fingerprint density at radius 1 is 1.20 bits per heavy atom. The highest BCUT2D eigenvalue weighted by atomic mass is 16.5. The van der Waals surface area contributed by atoms with Crippen molar-refractivity contribution in [2.24, 2.45) is 0 Å². The Balaban J connectivity index is 1.83. The number of benzene rings is 2. The van der Waals surface area contributed by atoms with Crippen LogP contribution in [0.25, 0.3) is 16.6 Å². The fraction of sp³-hybridized carbons (Fsp3) is 0.320. The van der Waals surface area contributed by atoms with Gasteiger partial charge in [-0.2, -0.15) is 0 Å². The Hall–Kier alpha value is -3.21. The Morgan fingerprint density at radius 2 is 2.03 bits per heavy atom. The zero-order valence-electron chi connectivity index (χ0n) is 18.0. The summed E-state index contributed by atoms with van der Waals surface area (Å²) in [6.45, 7) is 6.66. The number of fused-ring (bicyclic) bond motifs is 1. The lowest BCUT2D eigenvalue weighted by Gasteiger charge is -2.18. The number of hydrogen-bond acceptors (Lipinski definition) is 3. The SMILES string of the molecule is CCOc1cc(C(C)n2c(=O)[nH]c3c(C4=C(C)C=CCC4)cccc32)ccc1OC. The van der Waals surface area contributed by atoms with Crippen LogP contribution in [0.5, 0.6) is 11.5 Å². The van der Waals surface area contributed by atoms with Gasteiger partial charge in [-0.1, -0.05) is 30.4 Å². The summed E-state index contributed by atoms with van der Waals surface area (Å²) < 4.78 is 13.0. The van der Waals surface area contributed by atoms with Crippen molar-refractivity contribution in [1.29, 1.82) is 0 Å². The van der Waals surface area contributed by atoms with Gasteiger partial charge in [0, 0.05) is 5.56 Å². The molecule has 0 saturated carbocycles. The van der Waals surface area contributed by atoms with Crippen molar-refractivity contribution in [1.82, 2.24) is 9.55 Å². The summed E-state index contributed by atoms with van der Waals surface area (Å²) in [5, 5.41) is 0. The monoisotopic (exact) mass is 404 g/mol. The largest absolute Gasteiger partial charge is 0.493 e. The van der Waals surface area contributed by atoms with Gasteiger partial charge >= 0.3 is 5.69 Å². The van der Waals surface area contributed by atoms with Crippen molar-refractivity contribution < 1.29 is 9.47 Å². The molecule has 1 atom stereocenters. The van der Waals surface area contributed by atoms with Crippen molar-refractivity contribution in [2.75, 3.05) is 13.7 Å². The molecule has 30 heavy (non-hydrogen) atoms. The molecule has 5 heteroatoms. The van der Waals surface area contributed by atoms with Gasteiger partial charge in [-0.15, -0.1) is 0 Å². The van der Waals surface area contributed by atoms with Gasteiger partial charge in [0.1, 0.15) is 0 Å². The van der Waals surface area contributed by atoms with Crippen LogP contribution in [0.1, 0.15) is 50.8 Å². The van der Waals surface area contributed by atoms with E-state index in [2.05, 4.69) is 30.1 Å². The molecular weight excluding hydrogens is 376 g/mol. The molecule has 5 nitrogen and oxygen atoms in total. The third-order valence-electron chi connectivity index (χ3n) is 5.84. The zero-order valence-corrected chi connectivity index (χ0v) is 18.0. The van der Waals surface area contributed by atoms with Gasteiger partial charge in [0.25, 0.3) is 0 Å². The molecule has 1 unspecified atom stereocenters. The Morgan fingerprint density at radius 3 is 2.77 bits per heavy atom. The summed E-state index contributed by atoms with van der Waals surface area (Å²) in [4.78, 5) is 16.1. The summed E-state index contributed by atoms with van der Waals surface area (Å²) in [6, 6.07) is 11.8. The van der Waals surface area contributed by atoms with Crippen LogP contribution in [0.4, 0.5) is 0 Å². The highest BCUT2D eigenvalue weighted by Crippen LogP contribution is 2.35. The van der Waals surface area contributed by atoms with E-state index in [1.165, 1.54) is 11.1 Å². The molecule has 1 aliphatic rings. The molecule has 0 radical (unpaired) electrons. The van der Waals surface area contributed by atoms with Crippen LogP contribution >= 0.6 is 0 Å². The van der Waals surface area contributed by atoms with Gasteiger partial charge in [0.15, 0.2) is 11.5 Å². The van der Waals surface area contributed by atoms with E-state index in [1.807, 2.05) is 48.7 Å². The van der Waals surface area contributed by atoms with Crippen molar-refractivity contribution in [2.45, 2.75) is 39.7 Å². The van der Waals surface area contributed by atoms with Crippen LogP contribution in [-0.4, -0.2) is 23.3 Å². The number of nitrogens with zero attached hydrogens (tertiary/aromatic N) is 1. The third-order valence-corrected chi connectivity index (χ3v) is 5.84. The van der Waals surface area contributed by atoms with E-state index in [1.54, 1.807) is 7.11 Å². The van der Waals surface area contributed by atoms with E-state index in [4.69, 9.17) is 9.47 Å². The number of allylic oxidation sites excluding steroid dienone is 4.